The molecule has 1 amide bonds. The van der Waals surface area contributed by atoms with Crippen molar-refractivity contribution in [3.8, 4) is 0 Å². The van der Waals surface area contributed by atoms with Gasteiger partial charge in [0.05, 0.1) is 0 Å². The molecule has 0 atom stereocenters. The summed E-state index contributed by atoms with van der Waals surface area (Å²) in [7, 11) is 0. The zero-order valence-corrected chi connectivity index (χ0v) is 14.5. The highest BCUT2D eigenvalue weighted by Crippen LogP contribution is 2.27. The first-order valence-corrected chi connectivity index (χ1v) is 8.77. The standard InChI is InChI=1S/C19H22N4O3/c20-18-17(21-11-12-22-18)19(25)26-13-16(24)23(14-7-3-1-4-8-14)15-9-5-2-6-10-15/h1,3-4,7-8,11-12,15H,2,5-6,9-10,13H2,(H2,20,22). The Balaban J connectivity index is 1.71. The zero-order chi connectivity index (χ0) is 18.4. The highest BCUT2D eigenvalue weighted by molar-refractivity contribution is 5.98. The van der Waals surface area contributed by atoms with Crippen LogP contribution in [-0.4, -0.2) is 34.5 Å². The number of para-hydroxylation sites is 1. The van der Waals surface area contributed by atoms with E-state index in [1.165, 1.54) is 18.8 Å². The summed E-state index contributed by atoms with van der Waals surface area (Å²) >= 11 is 0. The van der Waals surface area contributed by atoms with Crippen molar-refractivity contribution < 1.29 is 14.3 Å². The quantitative estimate of drug-likeness (QED) is 0.829. The maximum Gasteiger partial charge on any atom is 0.361 e. The summed E-state index contributed by atoms with van der Waals surface area (Å²) in [5.74, 6) is -1.02. The van der Waals surface area contributed by atoms with E-state index in [4.69, 9.17) is 10.5 Å². The minimum Gasteiger partial charge on any atom is -0.451 e. The lowest BCUT2D eigenvalue weighted by Crippen LogP contribution is -2.43. The molecule has 1 aromatic heterocycles. The molecule has 0 unspecified atom stereocenters. The molecule has 0 aliphatic heterocycles. The van der Waals surface area contributed by atoms with Gasteiger partial charge in [-0.1, -0.05) is 37.5 Å². The molecule has 1 aromatic carbocycles. The highest BCUT2D eigenvalue weighted by atomic mass is 16.5. The number of hydrogen-bond acceptors (Lipinski definition) is 6. The maximum absolute atomic E-state index is 12.8. The number of nitrogens with two attached hydrogens (primary N) is 1. The predicted molar refractivity (Wildman–Crippen MR) is 97.5 cm³/mol. The fourth-order valence-electron chi connectivity index (χ4n) is 3.26. The molecular weight excluding hydrogens is 332 g/mol. The first-order chi connectivity index (χ1) is 12.7. The Hall–Kier alpha value is -2.96. The minimum absolute atomic E-state index is 0.0165. The summed E-state index contributed by atoms with van der Waals surface area (Å²) in [5.41, 5.74) is 6.37. The van der Waals surface area contributed by atoms with Crippen LogP contribution in [0.25, 0.3) is 0 Å². The van der Waals surface area contributed by atoms with E-state index in [1.54, 1.807) is 4.90 Å². The number of carbonyl (C=O) groups excluding carboxylic acids is 2. The number of esters is 1. The molecule has 136 valence electrons. The Bertz CT molecular complexity index is 760. The van der Waals surface area contributed by atoms with Gasteiger partial charge in [-0.05, 0) is 25.0 Å². The van der Waals surface area contributed by atoms with Crippen molar-refractivity contribution in [3.63, 3.8) is 0 Å². The molecular formula is C19H22N4O3. The van der Waals surface area contributed by atoms with Crippen LogP contribution >= 0.6 is 0 Å². The molecule has 1 heterocycles. The highest BCUT2D eigenvalue weighted by Gasteiger charge is 2.28. The maximum atomic E-state index is 12.8. The molecule has 1 saturated carbocycles. The van der Waals surface area contributed by atoms with E-state index in [2.05, 4.69) is 9.97 Å². The Kier molecular flexibility index (Phi) is 5.78. The van der Waals surface area contributed by atoms with Crippen molar-refractivity contribution in [2.45, 2.75) is 38.1 Å². The van der Waals surface area contributed by atoms with Crippen LogP contribution in [0.15, 0.2) is 42.7 Å². The SMILES string of the molecule is Nc1nccnc1C(=O)OCC(=O)N(c1ccccc1)C1CCCCC1. The monoisotopic (exact) mass is 354 g/mol. The number of benzene rings is 1. The topological polar surface area (TPSA) is 98.4 Å². The number of amides is 1. The van der Waals surface area contributed by atoms with Gasteiger partial charge < -0.3 is 15.4 Å². The van der Waals surface area contributed by atoms with Crippen molar-refractivity contribution >= 4 is 23.4 Å². The minimum atomic E-state index is -0.749. The molecule has 1 aliphatic rings. The first-order valence-electron chi connectivity index (χ1n) is 8.77. The molecule has 2 aromatic rings. The summed E-state index contributed by atoms with van der Waals surface area (Å²) in [5, 5.41) is 0. The Morgan fingerprint density at radius 2 is 1.77 bits per heavy atom. The molecule has 2 N–H and O–H groups in total. The first kappa shape index (κ1) is 17.8. The van der Waals surface area contributed by atoms with E-state index in [9.17, 15) is 9.59 Å². The van der Waals surface area contributed by atoms with E-state index in [-0.39, 0.29) is 30.1 Å². The van der Waals surface area contributed by atoms with Gasteiger partial charge in [-0.2, -0.15) is 0 Å². The van der Waals surface area contributed by atoms with Crippen molar-refractivity contribution in [2.75, 3.05) is 17.2 Å². The summed E-state index contributed by atoms with van der Waals surface area (Å²) in [6, 6.07) is 9.61. The Morgan fingerprint density at radius 1 is 1.08 bits per heavy atom. The second-order valence-electron chi connectivity index (χ2n) is 6.26. The van der Waals surface area contributed by atoms with Crippen molar-refractivity contribution in [1.29, 1.82) is 0 Å². The summed E-state index contributed by atoms with van der Waals surface area (Å²) in [6.07, 6.45) is 8.02. The van der Waals surface area contributed by atoms with Gasteiger partial charge in [0.25, 0.3) is 5.91 Å². The van der Waals surface area contributed by atoms with Gasteiger partial charge in [0.2, 0.25) is 0 Å². The van der Waals surface area contributed by atoms with Crippen LogP contribution in [0.5, 0.6) is 0 Å². The molecule has 1 fully saturated rings. The van der Waals surface area contributed by atoms with Gasteiger partial charge in [0, 0.05) is 24.1 Å². The van der Waals surface area contributed by atoms with E-state index in [0.29, 0.717) is 0 Å². The molecule has 0 bridgehead atoms. The molecule has 1 aliphatic carbocycles. The fourth-order valence-corrected chi connectivity index (χ4v) is 3.26. The van der Waals surface area contributed by atoms with Crippen LogP contribution < -0.4 is 10.6 Å². The lowest BCUT2D eigenvalue weighted by atomic mass is 9.93. The number of rotatable bonds is 5. The second kappa shape index (κ2) is 8.42. The average Bonchev–Trinajstić information content (AvgIpc) is 2.68. The number of carbonyl (C=O) groups is 2. The van der Waals surface area contributed by atoms with Crippen LogP contribution in [0, 0.1) is 0 Å². The average molecular weight is 354 g/mol. The lowest BCUT2D eigenvalue weighted by Gasteiger charge is -2.34. The number of nitrogen functional groups attached to an aromatic ring is 1. The predicted octanol–water partition coefficient (Wildman–Crippen LogP) is 2.58. The molecule has 7 nitrogen and oxygen atoms in total. The van der Waals surface area contributed by atoms with Crippen molar-refractivity contribution in [1.82, 2.24) is 9.97 Å². The smallest absolute Gasteiger partial charge is 0.361 e. The van der Waals surface area contributed by atoms with Gasteiger partial charge in [-0.25, -0.2) is 14.8 Å². The molecule has 0 radical (unpaired) electrons. The van der Waals surface area contributed by atoms with Crippen LogP contribution in [0.1, 0.15) is 42.6 Å². The van der Waals surface area contributed by atoms with Crippen LogP contribution in [0.2, 0.25) is 0 Å². The molecule has 0 saturated heterocycles. The van der Waals surface area contributed by atoms with Crippen LogP contribution in [0.4, 0.5) is 11.5 Å². The van der Waals surface area contributed by atoms with Gasteiger partial charge in [-0.3, -0.25) is 4.79 Å². The number of hydrogen-bond donors (Lipinski definition) is 1. The summed E-state index contributed by atoms with van der Waals surface area (Å²) in [4.78, 5) is 34.4. The third kappa shape index (κ3) is 4.17. The molecule has 26 heavy (non-hydrogen) atoms. The van der Waals surface area contributed by atoms with Crippen LogP contribution in [0.3, 0.4) is 0 Å². The molecule has 7 heteroatoms. The summed E-state index contributed by atoms with van der Waals surface area (Å²) < 4.78 is 5.15. The Labute approximate surface area is 152 Å². The normalized spacial score (nSPS) is 14.6. The van der Waals surface area contributed by atoms with Gasteiger partial charge in [0.15, 0.2) is 18.1 Å². The number of ether oxygens (including phenoxy) is 1. The van der Waals surface area contributed by atoms with E-state index >= 15 is 0 Å². The van der Waals surface area contributed by atoms with E-state index < -0.39 is 5.97 Å². The third-order valence-electron chi connectivity index (χ3n) is 4.49. The number of nitrogens with zero attached hydrogens (tertiary/aromatic N) is 3. The molecule has 3 rings (SSSR count). The summed E-state index contributed by atoms with van der Waals surface area (Å²) in [6.45, 7) is -0.361. The van der Waals surface area contributed by atoms with Gasteiger partial charge in [0.1, 0.15) is 0 Å². The third-order valence-corrected chi connectivity index (χ3v) is 4.49. The van der Waals surface area contributed by atoms with Crippen molar-refractivity contribution in [3.05, 3.63) is 48.4 Å². The Morgan fingerprint density at radius 3 is 2.46 bits per heavy atom. The van der Waals surface area contributed by atoms with E-state index in [1.807, 2.05) is 30.3 Å². The lowest BCUT2D eigenvalue weighted by molar-refractivity contribution is -0.122. The zero-order valence-electron chi connectivity index (χ0n) is 14.5. The second-order valence-corrected chi connectivity index (χ2v) is 6.26. The van der Waals surface area contributed by atoms with Gasteiger partial charge in [-0.15, -0.1) is 0 Å². The van der Waals surface area contributed by atoms with Gasteiger partial charge >= 0.3 is 5.97 Å². The van der Waals surface area contributed by atoms with Crippen LogP contribution in [-0.2, 0) is 9.53 Å². The fraction of sp³-hybridized carbons (Fsp3) is 0.368. The number of aromatic nitrogens is 2. The molecule has 0 spiro atoms. The largest absolute Gasteiger partial charge is 0.451 e. The number of anilines is 2. The van der Waals surface area contributed by atoms with E-state index in [0.717, 1.165) is 31.4 Å². The van der Waals surface area contributed by atoms with Crippen molar-refractivity contribution in [2.24, 2.45) is 0 Å².